The summed E-state index contributed by atoms with van der Waals surface area (Å²) >= 11 is 0. The molecule has 0 bridgehead atoms. The Morgan fingerprint density at radius 3 is 2.83 bits per heavy atom. The Hall–Kier alpha value is -2.82. The maximum atomic E-state index is 12.0. The lowest BCUT2D eigenvalue weighted by Crippen LogP contribution is -2.31. The maximum absolute atomic E-state index is 12.0. The van der Waals surface area contributed by atoms with Crippen molar-refractivity contribution in [2.24, 2.45) is 15.4 Å². The number of hydrogen-bond donors (Lipinski definition) is 1. The standard InChI is InChI=1S/C10H7N6O2/c11-15-13-8-4-5-3-6(17)1-2-7(5)10(18)9(8)14-16-12/h2,4,12H,1,3H2/q+1. The molecule has 0 spiro atoms. The molecule has 88 valence electrons. The lowest BCUT2D eigenvalue weighted by atomic mass is 9.82. The van der Waals surface area contributed by atoms with Gasteiger partial charge in [0.25, 0.3) is 5.39 Å². The summed E-state index contributed by atoms with van der Waals surface area (Å²) in [6.07, 6.45) is 3.29. The zero-order valence-electron chi connectivity index (χ0n) is 9.12. The normalized spacial score (nSPS) is 23.3. The Labute approximate surface area is 101 Å². The summed E-state index contributed by atoms with van der Waals surface area (Å²) in [5.74, 6) is -0.484. The van der Waals surface area contributed by atoms with Crippen molar-refractivity contribution >= 4 is 23.0 Å². The molecule has 2 aliphatic rings. The van der Waals surface area contributed by atoms with E-state index in [1.165, 1.54) is 12.2 Å². The molecular weight excluding hydrogens is 236 g/mol. The van der Waals surface area contributed by atoms with Gasteiger partial charge in [-0.1, -0.05) is 11.3 Å². The number of hydrogen-bond acceptors (Lipinski definition) is 6. The summed E-state index contributed by atoms with van der Waals surface area (Å²) in [7, 11) is 0. The van der Waals surface area contributed by atoms with E-state index < -0.39 is 5.78 Å². The lowest BCUT2D eigenvalue weighted by Gasteiger charge is -2.19. The van der Waals surface area contributed by atoms with E-state index in [4.69, 9.17) is 10.9 Å². The van der Waals surface area contributed by atoms with Gasteiger partial charge in [0.2, 0.25) is 5.78 Å². The van der Waals surface area contributed by atoms with E-state index in [2.05, 4.69) is 20.5 Å². The Morgan fingerprint density at radius 2 is 2.17 bits per heavy atom. The summed E-state index contributed by atoms with van der Waals surface area (Å²) in [6, 6.07) is 0. The second kappa shape index (κ2) is 4.58. The molecule has 1 N–H and O–H groups in total. The smallest absolute Gasteiger partial charge is 0.299 e. The lowest BCUT2D eigenvalue weighted by molar-refractivity contribution is -0.117. The van der Waals surface area contributed by atoms with Gasteiger partial charge in [-0.25, -0.2) is 0 Å². The van der Waals surface area contributed by atoms with Crippen molar-refractivity contribution < 1.29 is 9.59 Å². The third kappa shape index (κ3) is 1.89. The zero-order valence-corrected chi connectivity index (χ0v) is 9.12. The molecule has 0 saturated heterocycles. The Balaban J connectivity index is 2.60. The molecule has 0 atom stereocenters. The van der Waals surface area contributed by atoms with Crippen molar-refractivity contribution in [3.63, 3.8) is 0 Å². The first-order chi connectivity index (χ1) is 8.67. The molecule has 0 aromatic rings. The summed E-state index contributed by atoms with van der Waals surface area (Å²) in [4.78, 5) is 23.4. The maximum Gasteiger partial charge on any atom is 0.339 e. The van der Waals surface area contributed by atoms with E-state index in [9.17, 15) is 9.59 Å². The van der Waals surface area contributed by atoms with E-state index in [0.29, 0.717) is 11.1 Å². The van der Waals surface area contributed by atoms with E-state index in [1.54, 1.807) is 0 Å². The second-order valence-electron chi connectivity index (χ2n) is 3.66. The van der Waals surface area contributed by atoms with Crippen LogP contribution in [-0.4, -0.2) is 23.0 Å². The topological polar surface area (TPSA) is 123 Å². The minimum atomic E-state index is -0.474. The summed E-state index contributed by atoms with van der Waals surface area (Å²) in [6.45, 7) is 0. The molecular formula is C10H7N6O2+. The van der Waals surface area contributed by atoms with Gasteiger partial charge in [-0.2, -0.15) is 5.53 Å². The molecule has 8 heteroatoms. The highest BCUT2D eigenvalue weighted by Crippen LogP contribution is 2.27. The van der Waals surface area contributed by atoms with Gasteiger partial charge in [0.1, 0.15) is 5.78 Å². The first kappa shape index (κ1) is 11.7. The SMILES string of the molecule is N#[N+]N=C1C=C2CC(=O)CC=C2C(=O)C1=NN=N. The van der Waals surface area contributed by atoms with Crippen molar-refractivity contribution in [3.8, 4) is 0 Å². The van der Waals surface area contributed by atoms with Crippen LogP contribution in [0.15, 0.2) is 38.7 Å². The number of ketones is 2. The average molecular weight is 243 g/mol. The number of diazo groups is 1. The molecule has 0 aliphatic heterocycles. The average Bonchev–Trinajstić information content (AvgIpc) is 2.34. The van der Waals surface area contributed by atoms with Gasteiger partial charge in [-0.05, 0) is 11.6 Å². The van der Waals surface area contributed by atoms with Crippen LogP contribution in [0.5, 0.6) is 0 Å². The second-order valence-corrected chi connectivity index (χ2v) is 3.66. The fourth-order valence-electron chi connectivity index (χ4n) is 1.84. The fourth-order valence-corrected chi connectivity index (χ4v) is 1.84. The molecule has 8 nitrogen and oxygen atoms in total. The van der Waals surface area contributed by atoms with E-state index in [1.807, 2.05) is 0 Å². The van der Waals surface area contributed by atoms with Crippen molar-refractivity contribution in [2.45, 2.75) is 12.8 Å². The van der Waals surface area contributed by atoms with Gasteiger partial charge < -0.3 is 0 Å². The highest BCUT2D eigenvalue weighted by molar-refractivity contribution is 6.74. The molecule has 18 heavy (non-hydrogen) atoms. The molecule has 0 saturated carbocycles. The van der Waals surface area contributed by atoms with Gasteiger partial charge in [0, 0.05) is 18.4 Å². The highest BCUT2D eigenvalue weighted by Gasteiger charge is 2.34. The Morgan fingerprint density at radius 1 is 1.39 bits per heavy atom. The van der Waals surface area contributed by atoms with Crippen LogP contribution in [0.3, 0.4) is 0 Å². The quantitative estimate of drug-likeness (QED) is 0.425. The summed E-state index contributed by atoms with van der Waals surface area (Å²) < 4.78 is 0. The van der Waals surface area contributed by atoms with E-state index in [-0.39, 0.29) is 30.0 Å². The highest BCUT2D eigenvalue weighted by atomic mass is 16.1. The van der Waals surface area contributed by atoms with Crippen LogP contribution in [0.2, 0.25) is 0 Å². The molecule has 0 fully saturated rings. The van der Waals surface area contributed by atoms with Gasteiger partial charge in [0.15, 0.2) is 16.5 Å². The number of nitrogens with one attached hydrogen (secondary N) is 1. The minimum absolute atomic E-state index is 0.0105. The van der Waals surface area contributed by atoms with Gasteiger partial charge in [-0.15, -0.1) is 5.10 Å². The number of fused-ring (bicyclic) bond motifs is 1. The molecule has 0 aromatic carbocycles. The summed E-state index contributed by atoms with van der Waals surface area (Å²) in [5, 5.41) is 20.5. The van der Waals surface area contributed by atoms with Crippen LogP contribution in [-0.2, 0) is 9.59 Å². The third-order valence-electron chi connectivity index (χ3n) is 2.58. The predicted octanol–water partition coefficient (Wildman–Crippen LogP) is 1.38. The first-order valence-corrected chi connectivity index (χ1v) is 5.01. The van der Waals surface area contributed by atoms with Crippen molar-refractivity contribution in [1.82, 2.24) is 0 Å². The van der Waals surface area contributed by atoms with Crippen LogP contribution >= 0.6 is 0 Å². The first-order valence-electron chi connectivity index (χ1n) is 5.01. The van der Waals surface area contributed by atoms with Crippen LogP contribution in [0, 0.1) is 10.9 Å². The number of allylic oxidation sites excluding steroid dienone is 4. The zero-order chi connectivity index (χ0) is 13.1. The molecule has 2 aliphatic carbocycles. The van der Waals surface area contributed by atoms with Crippen molar-refractivity contribution in [2.75, 3.05) is 0 Å². The number of Topliss-reactive ketones (excluding diaryl/α,β-unsaturated/α-hetero) is 2. The van der Waals surface area contributed by atoms with Crippen molar-refractivity contribution in [3.05, 3.63) is 28.4 Å². The Bertz CT molecular complexity index is 617. The van der Waals surface area contributed by atoms with E-state index in [0.717, 1.165) is 0 Å². The number of nitrogens with zero attached hydrogens (tertiary/aromatic N) is 5. The molecule has 0 heterocycles. The fraction of sp³-hybridized carbons (Fsp3) is 0.200. The monoisotopic (exact) mass is 243 g/mol. The molecule has 0 unspecified atom stereocenters. The largest absolute Gasteiger partial charge is 0.339 e. The number of carbonyl (C=O) groups excluding carboxylic acids is 2. The van der Waals surface area contributed by atoms with E-state index >= 15 is 0 Å². The molecule has 0 radical (unpaired) electrons. The Kier molecular flexibility index (Phi) is 2.97. The van der Waals surface area contributed by atoms with Crippen LogP contribution in [0.25, 0.3) is 5.08 Å². The number of rotatable bonds is 1. The van der Waals surface area contributed by atoms with Crippen LogP contribution in [0.1, 0.15) is 12.8 Å². The van der Waals surface area contributed by atoms with Crippen LogP contribution in [0.4, 0.5) is 0 Å². The predicted molar refractivity (Wildman–Crippen MR) is 60.5 cm³/mol. The number of carbonyl (C=O) groups is 2. The van der Waals surface area contributed by atoms with Crippen LogP contribution < -0.4 is 0 Å². The molecule has 2 rings (SSSR count). The van der Waals surface area contributed by atoms with Crippen molar-refractivity contribution in [1.29, 1.82) is 10.9 Å². The van der Waals surface area contributed by atoms with Gasteiger partial charge in [-0.3, -0.25) is 9.59 Å². The molecule has 0 aromatic heterocycles. The van der Waals surface area contributed by atoms with Gasteiger partial charge >= 0.3 is 5.08 Å². The molecule has 0 amide bonds. The summed E-state index contributed by atoms with van der Waals surface area (Å²) in [5.41, 5.74) is 7.36. The minimum Gasteiger partial charge on any atom is -0.299 e. The third-order valence-corrected chi connectivity index (χ3v) is 2.58. The van der Waals surface area contributed by atoms with Gasteiger partial charge in [0.05, 0.1) is 0 Å².